The number of carbonyl (C=O) groups is 1. The van der Waals surface area contributed by atoms with E-state index in [-0.39, 0.29) is 18.1 Å². The molecule has 1 aliphatic rings. The summed E-state index contributed by atoms with van der Waals surface area (Å²) in [5.74, 6) is -0.815. The average Bonchev–Trinajstić information content (AvgIpc) is 2.64. The second kappa shape index (κ2) is 8.32. The molecule has 0 radical (unpaired) electrons. The first kappa shape index (κ1) is 19.1. The first-order valence-electron chi connectivity index (χ1n) is 8.39. The van der Waals surface area contributed by atoms with Crippen LogP contribution in [-0.2, 0) is 4.79 Å². The maximum Gasteiger partial charge on any atom is 0.295 e. The summed E-state index contributed by atoms with van der Waals surface area (Å²) in [4.78, 5) is 26.6. The molecule has 1 heterocycles. The van der Waals surface area contributed by atoms with E-state index in [0.717, 1.165) is 6.07 Å². The highest BCUT2D eigenvalue weighted by atomic mass is 35.5. The highest BCUT2D eigenvalue weighted by Crippen LogP contribution is 2.29. The number of nitrogens with one attached hydrogen (secondary N) is 1. The van der Waals surface area contributed by atoms with E-state index >= 15 is 0 Å². The summed E-state index contributed by atoms with van der Waals surface area (Å²) in [6, 6.07) is 10.6. The number of halogens is 2. The maximum atomic E-state index is 13.3. The summed E-state index contributed by atoms with van der Waals surface area (Å²) in [6.07, 6.45) is 0. The number of amides is 1. The molecule has 142 valence electrons. The number of para-hydroxylation sites is 1. The van der Waals surface area contributed by atoms with Crippen LogP contribution in [0.2, 0.25) is 5.02 Å². The minimum absolute atomic E-state index is 0.177. The number of carbonyl (C=O) groups excluding carboxylic acids is 1. The van der Waals surface area contributed by atoms with Crippen LogP contribution >= 0.6 is 11.6 Å². The van der Waals surface area contributed by atoms with E-state index in [1.165, 1.54) is 12.1 Å². The van der Waals surface area contributed by atoms with E-state index in [1.807, 2.05) is 9.80 Å². The van der Waals surface area contributed by atoms with E-state index in [9.17, 15) is 19.3 Å². The average molecular weight is 393 g/mol. The molecule has 27 heavy (non-hydrogen) atoms. The molecule has 0 atom stereocenters. The van der Waals surface area contributed by atoms with Crippen LogP contribution in [0.3, 0.4) is 0 Å². The molecule has 0 saturated carbocycles. The van der Waals surface area contributed by atoms with Crippen LogP contribution in [0.5, 0.6) is 0 Å². The quantitative estimate of drug-likeness (QED) is 0.624. The smallest absolute Gasteiger partial charge is 0.295 e. The van der Waals surface area contributed by atoms with Crippen LogP contribution in [-0.4, -0.2) is 48.5 Å². The number of hydrogen-bond acceptors (Lipinski definition) is 5. The molecule has 2 aromatic rings. The van der Waals surface area contributed by atoms with E-state index in [0.29, 0.717) is 42.6 Å². The van der Waals surface area contributed by atoms with Crippen LogP contribution in [0.1, 0.15) is 0 Å². The molecule has 2 aromatic carbocycles. The van der Waals surface area contributed by atoms with Crippen molar-refractivity contribution in [1.29, 1.82) is 0 Å². The number of rotatable bonds is 5. The molecule has 3 rings (SSSR count). The largest absolute Gasteiger partial charge is 0.363 e. The fraction of sp³-hybridized carbons (Fsp3) is 0.278. The number of anilines is 2. The first-order valence-corrected chi connectivity index (χ1v) is 8.77. The Kier molecular flexibility index (Phi) is 5.88. The highest BCUT2D eigenvalue weighted by Gasteiger charge is 2.25. The fourth-order valence-electron chi connectivity index (χ4n) is 3.01. The topological polar surface area (TPSA) is 78.7 Å². The first-order chi connectivity index (χ1) is 12.9. The third-order valence-electron chi connectivity index (χ3n) is 4.36. The summed E-state index contributed by atoms with van der Waals surface area (Å²) >= 11 is 6.03. The lowest BCUT2D eigenvalue weighted by molar-refractivity contribution is -0.384. The number of nitro benzene ring substituents is 1. The van der Waals surface area contributed by atoms with Crippen LogP contribution in [0.4, 0.5) is 21.5 Å². The van der Waals surface area contributed by atoms with Gasteiger partial charge in [-0.2, -0.15) is 0 Å². The van der Waals surface area contributed by atoms with Gasteiger partial charge >= 0.3 is 0 Å². The van der Waals surface area contributed by atoms with Gasteiger partial charge in [-0.05, 0) is 24.3 Å². The molecule has 0 bridgehead atoms. The van der Waals surface area contributed by atoms with E-state index in [4.69, 9.17) is 11.6 Å². The Morgan fingerprint density at radius 1 is 1.19 bits per heavy atom. The van der Waals surface area contributed by atoms with Gasteiger partial charge in [-0.1, -0.05) is 23.7 Å². The number of benzene rings is 2. The molecular weight excluding hydrogens is 375 g/mol. The van der Waals surface area contributed by atoms with Crippen molar-refractivity contribution in [3.05, 3.63) is 63.4 Å². The number of hydrogen-bond donors (Lipinski definition) is 1. The molecule has 1 amide bonds. The molecule has 0 aromatic heterocycles. The summed E-state index contributed by atoms with van der Waals surface area (Å²) in [7, 11) is 0. The second-order valence-corrected chi connectivity index (χ2v) is 6.59. The number of piperazine rings is 1. The SMILES string of the molecule is O=C(CN1CCN(c2ccc(F)cc2[N+](=O)[O-])CC1)Nc1ccccc1Cl. The third kappa shape index (κ3) is 4.72. The van der Waals surface area contributed by atoms with Crippen molar-refractivity contribution in [2.24, 2.45) is 0 Å². The van der Waals surface area contributed by atoms with E-state index in [2.05, 4.69) is 5.32 Å². The molecule has 9 heteroatoms. The van der Waals surface area contributed by atoms with Gasteiger partial charge in [-0.15, -0.1) is 0 Å². The molecule has 1 fully saturated rings. The van der Waals surface area contributed by atoms with E-state index in [1.54, 1.807) is 24.3 Å². The molecule has 0 unspecified atom stereocenters. The van der Waals surface area contributed by atoms with Crippen molar-refractivity contribution >= 4 is 34.6 Å². The molecule has 1 N–H and O–H groups in total. The molecular formula is C18H18ClFN4O3. The Bertz CT molecular complexity index is 856. The highest BCUT2D eigenvalue weighted by molar-refractivity contribution is 6.33. The molecule has 1 aliphatic heterocycles. The lowest BCUT2D eigenvalue weighted by Crippen LogP contribution is -2.48. The summed E-state index contributed by atoms with van der Waals surface area (Å²) in [5, 5.41) is 14.4. The van der Waals surface area contributed by atoms with Crippen molar-refractivity contribution in [3.63, 3.8) is 0 Å². The third-order valence-corrected chi connectivity index (χ3v) is 4.69. The van der Waals surface area contributed by atoms with Crippen molar-refractivity contribution < 1.29 is 14.1 Å². The predicted molar refractivity (Wildman–Crippen MR) is 102 cm³/mol. The standard InChI is InChI=1S/C18H18ClFN4O3/c19-14-3-1-2-4-15(14)21-18(25)12-22-7-9-23(10-8-22)16-6-5-13(20)11-17(16)24(26)27/h1-6,11H,7-10,12H2,(H,21,25). The molecule has 0 spiro atoms. The van der Waals surface area contributed by atoms with Crippen molar-refractivity contribution in [1.82, 2.24) is 4.90 Å². The Morgan fingerprint density at radius 3 is 2.56 bits per heavy atom. The summed E-state index contributed by atoms with van der Waals surface area (Å²) in [5.41, 5.74) is 0.700. The minimum Gasteiger partial charge on any atom is -0.363 e. The Hall–Kier alpha value is -2.71. The van der Waals surface area contributed by atoms with Gasteiger partial charge in [-0.3, -0.25) is 19.8 Å². The Morgan fingerprint density at radius 2 is 1.89 bits per heavy atom. The Labute approximate surface area is 160 Å². The summed E-state index contributed by atoms with van der Waals surface area (Å²) < 4.78 is 13.3. The summed E-state index contributed by atoms with van der Waals surface area (Å²) in [6.45, 7) is 2.33. The lowest BCUT2D eigenvalue weighted by atomic mass is 10.2. The monoisotopic (exact) mass is 392 g/mol. The van der Waals surface area contributed by atoms with Gasteiger partial charge in [0.25, 0.3) is 5.69 Å². The lowest BCUT2D eigenvalue weighted by Gasteiger charge is -2.35. The van der Waals surface area contributed by atoms with Crippen molar-refractivity contribution in [3.8, 4) is 0 Å². The molecule has 0 aliphatic carbocycles. The normalized spacial score (nSPS) is 14.8. The zero-order chi connectivity index (χ0) is 19.4. The van der Waals surface area contributed by atoms with Gasteiger partial charge in [0.05, 0.1) is 28.2 Å². The zero-order valence-electron chi connectivity index (χ0n) is 14.4. The van der Waals surface area contributed by atoms with Gasteiger partial charge in [0.1, 0.15) is 11.5 Å². The van der Waals surface area contributed by atoms with Crippen LogP contribution < -0.4 is 10.2 Å². The molecule has 7 nitrogen and oxygen atoms in total. The number of nitrogens with zero attached hydrogens (tertiary/aromatic N) is 3. The van der Waals surface area contributed by atoms with E-state index < -0.39 is 10.7 Å². The minimum atomic E-state index is -0.639. The fourth-order valence-corrected chi connectivity index (χ4v) is 3.20. The van der Waals surface area contributed by atoms with Gasteiger partial charge in [0, 0.05) is 26.2 Å². The van der Waals surface area contributed by atoms with Gasteiger partial charge in [0.15, 0.2) is 0 Å². The predicted octanol–water partition coefficient (Wildman–Crippen LogP) is 3.15. The van der Waals surface area contributed by atoms with Crippen LogP contribution in [0.15, 0.2) is 42.5 Å². The Balaban J connectivity index is 1.57. The second-order valence-electron chi connectivity index (χ2n) is 6.18. The molecule has 1 saturated heterocycles. The van der Waals surface area contributed by atoms with Gasteiger partial charge in [-0.25, -0.2) is 4.39 Å². The zero-order valence-corrected chi connectivity index (χ0v) is 15.2. The number of nitro groups is 1. The van der Waals surface area contributed by atoms with Crippen molar-refractivity contribution in [2.75, 3.05) is 42.9 Å². The van der Waals surface area contributed by atoms with Gasteiger partial charge in [0.2, 0.25) is 5.91 Å². The van der Waals surface area contributed by atoms with Crippen LogP contribution in [0, 0.1) is 15.9 Å². The van der Waals surface area contributed by atoms with Crippen molar-refractivity contribution in [2.45, 2.75) is 0 Å². The van der Waals surface area contributed by atoms with Crippen LogP contribution in [0.25, 0.3) is 0 Å². The van der Waals surface area contributed by atoms with Gasteiger partial charge < -0.3 is 10.2 Å². The maximum absolute atomic E-state index is 13.3.